The summed E-state index contributed by atoms with van der Waals surface area (Å²) in [5.74, 6) is -1.79. The number of halogens is 1. The predicted octanol–water partition coefficient (Wildman–Crippen LogP) is 4.36. The number of fused-ring (bicyclic) bond motifs is 1. The molecule has 1 N–H and O–H groups in total. The molecule has 154 valence electrons. The van der Waals surface area contributed by atoms with E-state index in [2.05, 4.69) is 5.32 Å². The molecule has 0 aliphatic heterocycles. The number of esters is 1. The molecule has 0 bridgehead atoms. The zero-order valence-electron chi connectivity index (χ0n) is 16.6. The maximum absolute atomic E-state index is 12.9. The first-order chi connectivity index (χ1) is 14.4. The van der Waals surface area contributed by atoms with Gasteiger partial charge in [0.15, 0.2) is 12.4 Å². The number of nitrogens with one attached hydrogen (secondary N) is 1. The Morgan fingerprint density at radius 1 is 0.933 bits per heavy atom. The lowest BCUT2D eigenvalue weighted by atomic mass is 10.00. The Labute approximate surface area is 173 Å². The highest BCUT2D eigenvalue weighted by Crippen LogP contribution is 2.23. The highest BCUT2D eigenvalue weighted by Gasteiger charge is 2.15. The van der Waals surface area contributed by atoms with Gasteiger partial charge < -0.3 is 10.1 Å². The third-order valence-electron chi connectivity index (χ3n) is 4.75. The van der Waals surface area contributed by atoms with Gasteiger partial charge in [0.1, 0.15) is 5.82 Å². The Balaban J connectivity index is 1.46. The van der Waals surface area contributed by atoms with Crippen LogP contribution in [0, 0.1) is 5.82 Å². The van der Waals surface area contributed by atoms with Gasteiger partial charge in [-0.25, -0.2) is 4.39 Å². The third kappa shape index (κ3) is 5.50. The summed E-state index contributed by atoms with van der Waals surface area (Å²) in [6.07, 6.45) is -0.221. The molecule has 1 atom stereocenters. The zero-order chi connectivity index (χ0) is 21.5. The maximum Gasteiger partial charge on any atom is 0.306 e. The van der Waals surface area contributed by atoms with Gasteiger partial charge in [0.2, 0.25) is 0 Å². The molecule has 6 heteroatoms. The van der Waals surface area contributed by atoms with Crippen LogP contribution in [0.2, 0.25) is 0 Å². The van der Waals surface area contributed by atoms with Gasteiger partial charge in [-0.1, -0.05) is 42.5 Å². The second kappa shape index (κ2) is 9.78. The van der Waals surface area contributed by atoms with Crippen molar-refractivity contribution in [1.82, 2.24) is 5.32 Å². The largest absolute Gasteiger partial charge is 0.456 e. The monoisotopic (exact) mass is 407 g/mol. The van der Waals surface area contributed by atoms with E-state index in [-0.39, 0.29) is 24.7 Å². The number of ketones is 1. The number of Topliss-reactive ketones (excluding diaryl/α,β-unsaturated/α-hetero) is 1. The molecule has 0 saturated heterocycles. The number of ether oxygens (including phenoxy) is 1. The Morgan fingerprint density at radius 3 is 2.40 bits per heavy atom. The van der Waals surface area contributed by atoms with Gasteiger partial charge in [-0.15, -0.1) is 0 Å². The number of amides is 1. The number of carbonyl (C=O) groups is 3. The van der Waals surface area contributed by atoms with E-state index < -0.39 is 24.3 Å². The van der Waals surface area contributed by atoms with Crippen molar-refractivity contribution in [2.45, 2.75) is 25.8 Å². The lowest BCUT2D eigenvalue weighted by Gasteiger charge is -2.16. The highest BCUT2D eigenvalue weighted by atomic mass is 19.1. The minimum Gasteiger partial charge on any atom is -0.456 e. The first-order valence-electron chi connectivity index (χ1n) is 9.65. The van der Waals surface area contributed by atoms with Crippen LogP contribution in [-0.2, 0) is 14.3 Å². The second-order valence-corrected chi connectivity index (χ2v) is 6.95. The van der Waals surface area contributed by atoms with Gasteiger partial charge in [-0.2, -0.15) is 0 Å². The standard InChI is InChI=1S/C24H22FNO4/c1-16(20-8-4-6-17-5-2-3-7-21(17)20)26-23(28)15-30-24(29)14-13-22(27)18-9-11-19(25)12-10-18/h2-12,16H,13-15H2,1H3,(H,26,28)/t16-/m0/s1. The molecule has 0 radical (unpaired) electrons. The van der Waals surface area contributed by atoms with Crippen molar-refractivity contribution in [2.24, 2.45) is 0 Å². The number of hydrogen-bond donors (Lipinski definition) is 1. The molecular weight excluding hydrogens is 385 g/mol. The summed E-state index contributed by atoms with van der Waals surface area (Å²) in [4.78, 5) is 36.0. The van der Waals surface area contributed by atoms with Crippen LogP contribution in [-0.4, -0.2) is 24.3 Å². The van der Waals surface area contributed by atoms with Gasteiger partial charge >= 0.3 is 5.97 Å². The Kier molecular flexibility index (Phi) is 6.91. The topological polar surface area (TPSA) is 72.5 Å². The Morgan fingerprint density at radius 2 is 1.63 bits per heavy atom. The van der Waals surface area contributed by atoms with Crippen molar-refractivity contribution in [1.29, 1.82) is 0 Å². The predicted molar refractivity (Wildman–Crippen MR) is 111 cm³/mol. The zero-order valence-corrected chi connectivity index (χ0v) is 16.6. The van der Waals surface area contributed by atoms with Crippen LogP contribution in [0.5, 0.6) is 0 Å². The second-order valence-electron chi connectivity index (χ2n) is 6.95. The van der Waals surface area contributed by atoms with Crippen molar-refractivity contribution in [2.75, 3.05) is 6.61 Å². The summed E-state index contributed by atoms with van der Waals surface area (Å²) in [5, 5.41) is 4.94. The first kappa shape index (κ1) is 21.2. The van der Waals surface area contributed by atoms with E-state index in [9.17, 15) is 18.8 Å². The lowest BCUT2D eigenvalue weighted by Crippen LogP contribution is -2.31. The molecule has 0 saturated carbocycles. The van der Waals surface area contributed by atoms with E-state index in [0.717, 1.165) is 16.3 Å². The molecule has 0 spiro atoms. The minimum atomic E-state index is -0.640. The molecule has 0 aliphatic rings. The van der Waals surface area contributed by atoms with Crippen LogP contribution in [0.25, 0.3) is 10.8 Å². The third-order valence-corrected chi connectivity index (χ3v) is 4.75. The molecule has 30 heavy (non-hydrogen) atoms. The van der Waals surface area contributed by atoms with Crippen LogP contribution in [0.1, 0.15) is 41.7 Å². The van der Waals surface area contributed by atoms with Crippen molar-refractivity contribution in [3.8, 4) is 0 Å². The SMILES string of the molecule is C[C@H](NC(=O)COC(=O)CCC(=O)c1ccc(F)cc1)c1cccc2ccccc12. The summed E-state index contributed by atoms with van der Waals surface area (Å²) in [7, 11) is 0. The maximum atomic E-state index is 12.9. The summed E-state index contributed by atoms with van der Waals surface area (Å²) < 4.78 is 17.9. The van der Waals surface area contributed by atoms with E-state index in [4.69, 9.17) is 4.74 Å². The van der Waals surface area contributed by atoms with Crippen molar-refractivity contribution in [3.05, 3.63) is 83.7 Å². The fourth-order valence-corrected chi connectivity index (χ4v) is 3.20. The molecule has 5 nitrogen and oxygen atoms in total. The molecule has 0 unspecified atom stereocenters. The van der Waals surface area contributed by atoms with Crippen LogP contribution in [0.3, 0.4) is 0 Å². The van der Waals surface area contributed by atoms with Gasteiger partial charge in [0.05, 0.1) is 12.5 Å². The number of benzene rings is 3. The number of rotatable bonds is 8. The van der Waals surface area contributed by atoms with E-state index in [0.29, 0.717) is 5.56 Å². The van der Waals surface area contributed by atoms with Crippen LogP contribution in [0.4, 0.5) is 4.39 Å². The molecule has 0 aliphatic carbocycles. The smallest absolute Gasteiger partial charge is 0.306 e. The number of hydrogen-bond acceptors (Lipinski definition) is 4. The highest BCUT2D eigenvalue weighted by molar-refractivity contribution is 5.97. The quantitative estimate of drug-likeness (QED) is 0.445. The first-order valence-corrected chi connectivity index (χ1v) is 9.65. The minimum absolute atomic E-state index is 0.0709. The molecular formula is C24H22FNO4. The average Bonchev–Trinajstić information content (AvgIpc) is 2.76. The van der Waals surface area contributed by atoms with Crippen LogP contribution in [0.15, 0.2) is 66.7 Å². The van der Waals surface area contributed by atoms with Crippen LogP contribution < -0.4 is 5.32 Å². The van der Waals surface area contributed by atoms with Gasteiger partial charge in [0, 0.05) is 12.0 Å². The normalized spacial score (nSPS) is 11.7. The molecule has 1 amide bonds. The van der Waals surface area contributed by atoms with Crippen molar-refractivity contribution >= 4 is 28.4 Å². The average molecular weight is 407 g/mol. The van der Waals surface area contributed by atoms with Crippen molar-refractivity contribution in [3.63, 3.8) is 0 Å². The van der Waals surface area contributed by atoms with Gasteiger partial charge in [-0.3, -0.25) is 14.4 Å². The molecule has 3 aromatic carbocycles. The van der Waals surface area contributed by atoms with Crippen LogP contribution >= 0.6 is 0 Å². The van der Waals surface area contributed by atoms with E-state index in [1.807, 2.05) is 49.4 Å². The summed E-state index contributed by atoms with van der Waals surface area (Å²) >= 11 is 0. The van der Waals surface area contributed by atoms with Crippen molar-refractivity contribution < 1.29 is 23.5 Å². The number of carbonyl (C=O) groups excluding carboxylic acids is 3. The molecule has 3 rings (SSSR count). The molecule has 0 fully saturated rings. The van der Waals surface area contributed by atoms with E-state index in [1.165, 1.54) is 24.3 Å². The lowest BCUT2D eigenvalue weighted by molar-refractivity contribution is -0.148. The summed E-state index contributed by atoms with van der Waals surface area (Å²) in [6.45, 7) is 1.45. The van der Waals surface area contributed by atoms with E-state index >= 15 is 0 Å². The fourth-order valence-electron chi connectivity index (χ4n) is 3.20. The van der Waals surface area contributed by atoms with Gasteiger partial charge in [-0.05, 0) is 47.5 Å². The molecule has 0 heterocycles. The Hall–Kier alpha value is -3.54. The Bertz CT molecular complexity index is 1060. The molecule has 3 aromatic rings. The fraction of sp³-hybridized carbons (Fsp3) is 0.208. The van der Waals surface area contributed by atoms with E-state index in [1.54, 1.807) is 0 Å². The van der Waals surface area contributed by atoms with Gasteiger partial charge in [0.25, 0.3) is 5.91 Å². The summed E-state index contributed by atoms with van der Waals surface area (Å²) in [6, 6.07) is 18.6. The summed E-state index contributed by atoms with van der Waals surface area (Å²) in [5.41, 5.74) is 1.29. The molecule has 0 aromatic heterocycles.